The van der Waals surface area contributed by atoms with E-state index in [-0.39, 0.29) is 36.4 Å². The Kier molecular flexibility index (Phi) is 14.2. The summed E-state index contributed by atoms with van der Waals surface area (Å²) in [6, 6.07) is 81.4. The van der Waals surface area contributed by atoms with Crippen LogP contribution in [0.5, 0.6) is 34.5 Å². The van der Waals surface area contributed by atoms with Gasteiger partial charge in [-0.1, -0.05) is 187 Å². The van der Waals surface area contributed by atoms with E-state index in [1.165, 1.54) is 50.1 Å². The van der Waals surface area contributed by atoms with Gasteiger partial charge >= 0.3 is 0 Å². The van der Waals surface area contributed by atoms with Crippen LogP contribution in [-0.4, -0.2) is 35.1 Å². The minimum Gasteiger partial charge on any atom is -0.458 e. The van der Waals surface area contributed by atoms with Gasteiger partial charge in [0, 0.05) is 67.9 Å². The zero-order valence-electron chi connectivity index (χ0n) is 62.4. The van der Waals surface area contributed by atoms with E-state index in [2.05, 4.69) is 337 Å². The number of anilines is 9. The summed E-state index contributed by atoms with van der Waals surface area (Å²) >= 11 is 0. The van der Waals surface area contributed by atoms with E-state index in [0.717, 1.165) is 152 Å². The monoisotopic (exact) mass is 1360 g/mol. The average molecular weight is 1360 g/mol. The molecule has 0 bridgehead atoms. The van der Waals surface area contributed by atoms with Gasteiger partial charge in [0.1, 0.15) is 34.5 Å². The molecular weight excluding hydrogens is 1280 g/mol. The van der Waals surface area contributed by atoms with Crippen LogP contribution in [0.2, 0.25) is 0 Å². The highest BCUT2D eigenvalue weighted by molar-refractivity contribution is 7.01. The van der Waals surface area contributed by atoms with Gasteiger partial charge < -0.3 is 28.9 Å². The number of ether oxygens (including phenoxy) is 3. The molecule has 0 spiro atoms. The SMILES string of the molecule is Cc1ccc(N2c3ccc(-c4nc(-c5ccc6c(c5)B5c7cc(C)ccc7Oc7cc(C(C)(C)C)cc(c75)N6c5ccc(C)cc5)nc(-c5ccc6c(c5)B5c7cc(C)ccc7Oc7cc(C(C)(C)C)cc(c75)N6c5ccc(C)cc5)n4)cc3B3c4cc(C)ccc4Oc4cc(C(C)(C)C)cc2c43)cc1. The van der Waals surface area contributed by atoms with Gasteiger partial charge in [-0.15, -0.1) is 0 Å². The highest BCUT2D eigenvalue weighted by Crippen LogP contribution is 2.49. The summed E-state index contributed by atoms with van der Waals surface area (Å²) in [4.78, 5) is 24.7. The summed E-state index contributed by atoms with van der Waals surface area (Å²) in [7, 11) is 0. The Morgan fingerprint density at radius 1 is 0.248 bits per heavy atom. The lowest BCUT2D eigenvalue weighted by molar-refractivity contribution is 0.483. The summed E-state index contributed by atoms with van der Waals surface area (Å²) in [5.74, 6) is 6.89. The lowest BCUT2D eigenvalue weighted by Gasteiger charge is -2.41. The molecule has 0 radical (unpaired) electrons. The second kappa shape index (κ2) is 23.1. The molecule has 6 aliphatic rings. The van der Waals surface area contributed by atoms with Crippen molar-refractivity contribution in [1.29, 1.82) is 0 Å². The Hall–Kier alpha value is -11.4. The van der Waals surface area contributed by atoms with Crippen LogP contribution in [0.25, 0.3) is 34.2 Å². The molecule has 6 aliphatic heterocycles. The van der Waals surface area contributed by atoms with Crippen molar-refractivity contribution in [2.24, 2.45) is 0 Å². The third-order valence-corrected chi connectivity index (χ3v) is 22.7. The summed E-state index contributed by atoms with van der Waals surface area (Å²) in [5, 5.41) is 0. The van der Waals surface area contributed by atoms with E-state index >= 15 is 0 Å². The molecule has 0 aliphatic carbocycles. The quantitative estimate of drug-likeness (QED) is 0.151. The van der Waals surface area contributed by atoms with Gasteiger partial charge in [0.25, 0.3) is 20.1 Å². The van der Waals surface area contributed by atoms with Crippen LogP contribution in [-0.2, 0) is 16.2 Å². The first-order valence-corrected chi connectivity index (χ1v) is 37.0. The van der Waals surface area contributed by atoms with E-state index in [9.17, 15) is 0 Å². The van der Waals surface area contributed by atoms with Crippen LogP contribution in [0.3, 0.4) is 0 Å². The zero-order valence-corrected chi connectivity index (χ0v) is 62.4. The van der Waals surface area contributed by atoms with Gasteiger partial charge in [0.2, 0.25) is 0 Å². The van der Waals surface area contributed by atoms with Crippen molar-refractivity contribution in [3.8, 4) is 68.7 Å². The van der Waals surface area contributed by atoms with Crippen LogP contribution in [0.15, 0.2) is 218 Å². The molecule has 13 aromatic rings. The summed E-state index contributed by atoms with van der Waals surface area (Å²) in [6.45, 7) is 33.0. The number of aromatic nitrogens is 3. The maximum absolute atomic E-state index is 7.13. The largest absolute Gasteiger partial charge is 0.458 e. The number of rotatable bonds is 6. The molecule has 0 saturated carbocycles. The molecule has 19 rings (SSSR count). The second-order valence-electron chi connectivity index (χ2n) is 33.3. The predicted molar refractivity (Wildman–Crippen MR) is 438 cm³/mol. The van der Waals surface area contributed by atoms with Crippen LogP contribution in [0.1, 0.15) is 112 Å². The molecule has 0 fully saturated rings. The Balaban J connectivity index is 0.866. The number of hydrogen-bond acceptors (Lipinski definition) is 9. The fourth-order valence-electron chi connectivity index (χ4n) is 17.0. The van der Waals surface area contributed by atoms with Gasteiger partial charge in [0.15, 0.2) is 17.5 Å². The van der Waals surface area contributed by atoms with Crippen molar-refractivity contribution in [3.05, 3.63) is 268 Å². The van der Waals surface area contributed by atoms with Gasteiger partial charge in [-0.25, -0.2) is 15.0 Å². The molecule has 9 nitrogen and oxygen atoms in total. The molecule has 0 atom stereocenters. The molecule has 105 heavy (non-hydrogen) atoms. The number of fused-ring (bicyclic) bond motifs is 12. The molecule has 0 N–H and O–H groups in total. The molecule has 1 aromatic heterocycles. The second-order valence-corrected chi connectivity index (χ2v) is 33.3. The summed E-state index contributed by atoms with van der Waals surface area (Å²) in [6.07, 6.45) is 0. The number of nitrogens with zero attached hydrogens (tertiary/aromatic N) is 6. The maximum atomic E-state index is 7.13. The predicted octanol–water partition coefficient (Wildman–Crippen LogP) is 17.8. The third-order valence-electron chi connectivity index (χ3n) is 22.7. The van der Waals surface area contributed by atoms with E-state index < -0.39 is 0 Å². The van der Waals surface area contributed by atoms with E-state index in [1.807, 2.05) is 0 Å². The molecular formula is C93H81B3N6O3. The van der Waals surface area contributed by atoms with Crippen molar-refractivity contribution in [2.75, 3.05) is 14.7 Å². The van der Waals surface area contributed by atoms with Crippen LogP contribution in [0.4, 0.5) is 51.2 Å². The molecule has 0 amide bonds. The zero-order chi connectivity index (χ0) is 72.2. The molecule has 7 heterocycles. The normalized spacial score (nSPS) is 14.0. The maximum Gasteiger partial charge on any atom is 0.256 e. The van der Waals surface area contributed by atoms with Crippen molar-refractivity contribution in [2.45, 2.75) is 120 Å². The summed E-state index contributed by atoms with van der Waals surface area (Å²) < 4.78 is 21.4. The van der Waals surface area contributed by atoms with Crippen molar-refractivity contribution >= 4 is 120 Å². The molecule has 510 valence electrons. The molecule has 12 heteroatoms. The Morgan fingerprint density at radius 3 is 0.762 bits per heavy atom. The van der Waals surface area contributed by atoms with E-state index in [4.69, 9.17) is 29.2 Å². The van der Waals surface area contributed by atoms with Gasteiger partial charge in [-0.3, -0.25) is 0 Å². The first kappa shape index (κ1) is 64.5. The van der Waals surface area contributed by atoms with Crippen LogP contribution >= 0.6 is 0 Å². The van der Waals surface area contributed by atoms with Gasteiger partial charge in [-0.05, 0) is 251 Å². The first-order chi connectivity index (χ1) is 50.3. The highest BCUT2D eigenvalue weighted by Gasteiger charge is 2.47. The molecule has 12 aromatic carbocycles. The minimum atomic E-state index is -0.184. The van der Waals surface area contributed by atoms with Crippen molar-refractivity contribution in [1.82, 2.24) is 15.0 Å². The van der Waals surface area contributed by atoms with Crippen molar-refractivity contribution in [3.63, 3.8) is 0 Å². The first-order valence-electron chi connectivity index (χ1n) is 37.0. The number of aryl methyl sites for hydroxylation is 6. The molecule has 0 saturated heterocycles. The fraction of sp³-hybridized carbons (Fsp3) is 0.194. The Labute approximate surface area is 617 Å². The number of hydrogen-bond donors (Lipinski definition) is 0. The van der Waals surface area contributed by atoms with Gasteiger partial charge in [0.05, 0.1) is 0 Å². The average Bonchev–Trinajstić information content (AvgIpc) is 0.717. The van der Waals surface area contributed by atoms with E-state index in [1.54, 1.807) is 0 Å². The smallest absolute Gasteiger partial charge is 0.256 e. The van der Waals surface area contributed by atoms with Crippen LogP contribution in [0, 0.1) is 41.5 Å². The standard InChI is InChI=1S/C93H81B3N6O3/c1-52-16-28-64(29-17-52)100-73-34-25-58(43-67(73)94-70-40-55(4)22-37-79(70)103-82-49-61(91(7,8)9)46-76(100)85(82)94)88-97-89(59-26-35-74-68(44-59)95-71-41-56(5)23-38-80(71)104-83-50-62(92(10,11)12)47-77(86(83)95)101(74)65-30-18-53(2)19-31-65)99-90(98-88)60-27-36-75-69(45-60)96-72-42-57(6)24-39-81(72)105-84-51-63(93(13,14)15)48-78(87(84)96)102(75)66-32-20-54(3)21-33-66/h16-51H,1-15H3. The fourth-order valence-corrected chi connectivity index (χ4v) is 17.0. The Bertz CT molecular complexity index is 5310. The Morgan fingerprint density at radius 2 is 0.505 bits per heavy atom. The lowest BCUT2D eigenvalue weighted by Crippen LogP contribution is -2.59. The molecule has 0 unspecified atom stereocenters. The minimum absolute atomic E-state index is 0.165. The van der Waals surface area contributed by atoms with Crippen molar-refractivity contribution < 1.29 is 14.2 Å². The topological polar surface area (TPSA) is 76.1 Å². The van der Waals surface area contributed by atoms with Crippen LogP contribution < -0.4 is 78.1 Å². The van der Waals surface area contributed by atoms with Gasteiger partial charge in [-0.2, -0.15) is 0 Å². The highest BCUT2D eigenvalue weighted by atomic mass is 16.5. The lowest BCUT2D eigenvalue weighted by atomic mass is 9.34. The number of benzene rings is 12. The third kappa shape index (κ3) is 10.4. The van der Waals surface area contributed by atoms with E-state index in [0.29, 0.717) is 17.5 Å². The summed E-state index contributed by atoms with van der Waals surface area (Å²) in [5.41, 5.74) is 32.8.